The van der Waals surface area contributed by atoms with Crippen molar-refractivity contribution in [2.24, 2.45) is 0 Å². The molecule has 16 heavy (non-hydrogen) atoms. The standard InChI is InChI=1S/C12H12N2O2/c1-8-3-4-9(2)11(5-8)14-6-10(12(15)16)13-7-14/h3-7H,1-2H3,(H,15,16). The summed E-state index contributed by atoms with van der Waals surface area (Å²) >= 11 is 0. The summed E-state index contributed by atoms with van der Waals surface area (Å²) in [5, 5.41) is 8.79. The van der Waals surface area contributed by atoms with E-state index in [2.05, 4.69) is 4.98 Å². The predicted molar refractivity (Wildman–Crippen MR) is 60.0 cm³/mol. The molecule has 0 bridgehead atoms. The zero-order valence-corrected chi connectivity index (χ0v) is 9.14. The van der Waals surface area contributed by atoms with E-state index in [0.717, 1.165) is 16.8 Å². The van der Waals surface area contributed by atoms with Crippen LogP contribution in [0.1, 0.15) is 21.6 Å². The maximum Gasteiger partial charge on any atom is 0.356 e. The van der Waals surface area contributed by atoms with Gasteiger partial charge in [-0.3, -0.25) is 0 Å². The van der Waals surface area contributed by atoms with Gasteiger partial charge in [0.1, 0.15) is 6.33 Å². The largest absolute Gasteiger partial charge is 0.476 e. The summed E-state index contributed by atoms with van der Waals surface area (Å²) in [5.41, 5.74) is 3.23. The van der Waals surface area contributed by atoms with E-state index in [1.807, 2.05) is 32.0 Å². The Balaban J connectivity index is 2.50. The fourth-order valence-electron chi connectivity index (χ4n) is 1.56. The van der Waals surface area contributed by atoms with Crippen molar-refractivity contribution >= 4 is 5.97 Å². The second-order valence-electron chi connectivity index (χ2n) is 3.76. The minimum absolute atomic E-state index is 0.0564. The summed E-state index contributed by atoms with van der Waals surface area (Å²) in [7, 11) is 0. The first-order valence-corrected chi connectivity index (χ1v) is 4.93. The van der Waals surface area contributed by atoms with Gasteiger partial charge < -0.3 is 9.67 Å². The zero-order valence-electron chi connectivity index (χ0n) is 9.14. The monoisotopic (exact) mass is 216 g/mol. The topological polar surface area (TPSA) is 55.1 Å². The summed E-state index contributed by atoms with van der Waals surface area (Å²) < 4.78 is 1.73. The van der Waals surface area contributed by atoms with Crippen molar-refractivity contribution in [1.29, 1.82) is 0 Å². The highest BCUT2D eigenvalue weighted by Gasteiger charge is 2.08. The molecule has 1 aromatic heterocycles. The predicted octanol–water partition coefficient (Wildman–Crippen LogP) is 2.19. The van der Waals surface area contributed by atoms with Gasteiger partial charge >= 0.3 is 5.97 Å². The van der Waals surface area contributed by atoms with Crippen LogP contribution in [0.3, 0.4) is 0 Å². The Morgan fingerprint density at radius 3 is 2.75 bits per heavy atom. The van der Waals surface area contributed by atoms with E-state index in [-0.39, 0.29) is 5.69 Å². The fraction of sp³-hybridized carbons (Fsp3) is 0.167. The molecular formula is C12H12N2O2. The summed E-state index contributed by atoms with van der Waals surface area (Å²) in [4.78, 5) is 14.5. The molecule has 0 aliphatic heterocycles. The number of aryl methyl sites for hydroxylation is 2. The van der Waals surface area contributed by atoms with Crippen molar-refractivity contribution in [1.82, 2.24) is 9.55 Å². The number of rotatable bonds is 2. The first kappa shape index (κ1) is 10.4. The molecule has 0 saturated heterocycles. The third-order valence-electron chi connectivity index (χ3n) is 2.44. The lowest BCUT2D eigenvalue weighted by atomic mass is 10.1. The molecular weight excluding hydrogens is 204 g/mol. The van der Waals surface area contributed by atoms with Gasteiger partial charge in [-0.2, -0.15) is 0 Å². The molecule has 0 aliphatic carbocycles. The first-order chi connectivity index (χ1) is 7.58. The summed E-state index contributed by atoms with van der Waals surface area (Å²) in [6, 6.07) is 6.03. The van der Waals surface area contributed by atoms with E-state index < -0.39 is 5.97 Å². The molecule has 0 unspecified atom stereocenters. The highest BCUT2D eigenvalue weighted by Crippen LogP contribution is 2.16. The minimum Gasteiger partial charge on any atom is -0.476 e. The number of benzene rings is 1. The van der Waals surface area contributed by atoms with Crippen LogP contribution >= 0.6 is 0 Å². The molecule has 0 saturated carbocycles. The second-order valence-corrected chi connectivity index (χ2v) is 3.76. The van der Waals surface area contributed by atoms with Crippen LogP contribution in [0.25, 0.3) is 5.69 Å². The Morgan fingerprint density at radius 1 is 1.38 bits per heavy atom. The van der Waals surface area contributed by atoms with Gasteiger partial charge in [-0.05, 0) is 31.0 Å². The number of aromatic nitrogens is 2. The maximum absolute atomic E-state index is 10.7. The molecule has 1 aromatic carbocycles. The lowest BCUT2D eigenvalue weighted by Crippen LogP contribution is -1.97. The minimum atomic E-state index is -1.01. The van der Waals surface area contributed by atoms with E-state index in [1.165, 1.54) is 12.5 Å². The van der Waals surface area contributed by atoms with E-state index in [0.29, 0.717) is 0 Å². The van der Waals surface area contributed by atoms with Crippen LogP contribution in [0.4, 0.5) is 0 Å². The van der Waals surface area contributed by atoms with Crippen molar-refractivity contribution in [2.75, 3.05) is 0 Å². The Labute approximate surface area is 93.2 Å². The average molecular weight is 216 g/mol. The lowest BCUT2D eigenvalue weighted by Gasteiger charge is -2.07. The Hall–Kier alpha value is -2.10. The summed E-state index contributed by atoms with van der Waals surface area (Å²) in [6.07, 6.45) is 3.04. The molecule has 0 amide bonds. The van der Waals surface area contributed by atoms with E-state index in [1.54, 1.807) is 4.57 Å². The maximum atomic E-state index is 10.7. The van der Waals surface area contributed by atoms with Crippen LogP contribution in [0.5, 0.6) is 0 Å². The molecule has 0 aliphatic rings. The lowest BCUT2D eigenvalue weighted by molar-refractivity contribution is 0.0691. The molecule has 82 valence electrons. The number of hydrogen-bond acceptors (Lipinski definition) is 2. The van der Waals surface area contributed by atoms with Gasteiger partial charge in [0, 0.05) is 11.9 Å². The highest BCUT2D eigenvalue weighted by atomic mass is 16.4. The van der Waals surface area contributed by atoms with Gasteiger partial charge in [0.2, 0.25) is 0 Å². The SMILES string of the molecule is Cc1ccc(C)c(-n2cnc(C(=O)O)c2)c1. The highest BCUT2D eigenvalue weighted by molar-refractivity contribution is 5.85. The third kappa shape index (κ3) is 1.82. The third-order valence-corrected chi connectivity index (χ3v) is 2.44. The van der Waals surface area contributed by atoms with Gasteiger partial charge in [0.25, 0.3) is 0 Å². The van der Waals surface area contributed by atoms with Crippen molar-refractivity contribution in [3.05, 3.63) is 47.5 Å². The molecule has 1 N–H and O–H groups in total. The fourth-order valence-corrected chi connectivity index (χ4v) is 1.56. The number of hydrogen-bond donors (Lipinski definition) is 1. The van der Waals surface area contributed by atoms with Crippen LogP contribution in [0.15, 0.2) is 30.7 Å². The van der Waals surface area contributed by atoms with Crippen molar-refractivity contribution < 1.29 is 9.90 Å². The smallest absolute Gasteiger partial charge is 0.356 e. The number of carbonyl (C=O) groups is 1. The van der Waals surface area contributed by atoms with Gasteiger partial charge in [-0.15, -0.1) is 0 Å². The van der Waals surface area contributed by atoms with Crippen molar-refractivity contribution in [2.45, 2.75) is 13.8 Å². The quantitative estimate of drug-likeness (QED) is 0.837. The number of nitrogens with zero attached hydrogens (tertiary/aromatic N) is 2. The molecule has 4 nitrogen and oxygen atoms in total. The van der Waals surface area contributed by atoms with E-state index in [9.17, 15) is 4.79 Å². The summed E-state index contributed by atoms with van der Waals surface area (Å²) in [6.45, 7) is 3.98. The number of aromatic carboxylic acids is 1. The first-order valence-electron chi connectivity index (χ1n) is 4.93. The molecule has 1 heterocycles. The van der Waals surface area contributed by atoms with E-state index >= 15 is 0 Å². The normalized spacial score (nSPS) is 10.4. The van der Waals surface area contributed by atoms with Gasteiger partial charge in [0.05, 0.1) is 0 Å². The van der Waals surface area contributed by atoms with Crippen molar-refractivity contribution in [3.63, 3.8) is 0 Å². The average Bonchev–Trinajstić information content (AvgIpc) is 2.70. The van der Waals surface area contributed by atoms with Crippen LogP contribution in [-0.2, 0) is 0 Å². The van der Waals surface area contributed by atoms with Gasteiger partial charge in [0.15, 0.2) is 5.69 Å². The number of carboxylic acid groups (broad SMARTS) is 1. The Kier molecular flexibility index (Phi) is 2.48. The molecule has 2 rings (SSSR count). The Bertz CT molecular complexity index is 544. The molecule has 0 atom stereocenters. The Morgan fingerprint density at radius 2 is 2.12 bits per heavy atom. The van der Waals surface area contributed by atoms with Crippen LogP contribution in [0, 0.1) is 13.8 Å². The van der Waals surface area contributed by atoms with Crippen molar-refractivity contribution in [3.8, 4) is 5.69 Å². The van der Waals surface area contributed by atoms with E-state index in [4.69, 9.17) is 5.11 Å². The number of imidazole rings is 1. The molecule has 0 fully saturated rings. The van der Waals surface area contributed by atoms with Crippen LogP contribution in [0.2, 0.25) is 0 Å². The molecule has 0 radical (unpaired) electrons. The number of carboxylic acids is 1. The van der Waals surface area contributed by atoms with Gasteiger partial charge in [-0.25, -0.2) is 9.78 Å². The second kappa shape index (κ2) is 3.81. The van der Waals surface area contributed by atoms with Crippen LogP contribution < -0.4 is 0 Å². The molecule has 0 spiro atoms. The zero-order chi connectivity index (χ0) is 11.7. The van der Waals surface area contributed by atoms with Gasteiger partial charge in [-0.1, -0.05) is 12.1 Å². The summed E-state index contributed by atoms with van der Waals surface area (Å²) in [5.74, 6) is -1.01. The molecule has 4 heteroatoms. The molecule has 2 aromatic rings. The van der Waals surface area contributed by atoms with Crippen LogP contribution in [-0.4, -0.2) is 20.6 Å².